The number of rotatable bonds is 4. The van der Waals surface area contributed by atoms with Crippen LogP contribution in [0.25, 0.3) is 0 Å². The number of ether oxygens (including phenoxy) is 1. The van der Waals surface area contributed by atoms with Crippen LogP contribution in [-0.2, 0) is 5.92 Å². The number of benzene rings is 1. The number of hydrogen-bond donors (Lipinski definition) is 1. The number of aryl methyl sites for hydroxylation is 2. The van der Waals surface area contributed by atoms with Crippen molar-refractivity contribution in [2.45, 2.75) is 45.6 Å². The van der Waals surface area contributed by atoms with Crippen LogP contribution in [0.4, 0.5) is 8.78 Å². The van der Waals surface area contributed by atoms with Gasteiger partial charge >= 0.3 is 0 Å². The minimum absolute atomic E-state index is 0.0272. The summed E-state index contributed by atoms with van der Waals surface area (Å²) in [6, 6.07) is 3.13. The van der Waals surface area contributed by atoms with Crippen molar-refractivity contribution < 1.29 is 13.5 Å². The molecule has 0 radical (unpaired) electrons. The average molecular weight is 257 g/mol. The van der Waals surface area contributed by atoms with Crippen LogP contribution in [0.2, 0.25) is 0 Å². The average Bonchev–Trinajstić information content (AvgIpc) is 2.17. The fourth-order valence-corrected chi connectivity index (χ4v) is 2.07. The Morgan fingerprint density at radius 2 is 1.72 bits per heavy atom. The highest BCUT2D eigenvalue weighted by atomic mass is 19.3. The Labute approximate surface area is 107 Å². The molecule has 102 valence electrons. The zero-order valence-electron chi connectivity index (χ0n) is 11.6. The van der Waals surface area contributed by atoms with Crippen molar-refractivity contribution in [1.82, 2.24) is 0 Å². The molecule has 0 heterocycles. The lowest BCUT2D eigenvalue weighted by molar-refractivity contribution is -0.0302. The number of methoxy groups -OCH3 is 1. The molecule has 0 saturated carbocycles. The van der Waals surface area contributed by atoms with Crippen LogP contribution in [-0.4, -0.2) is 12.6 Å². The molecule has 1 rings (SSSR count). The molecule has 0 unspecified atom stereocenters. The summed E-state index contributed by atoms with van der Waals surface area (Å²) in [5, 5.41) is 0. The fourth-order valence-electron chi connectivity index (χ4n) is 2.07. The molecule has 0 saturated heterocycles. The van der Waals surface area contributed by atoms with Gasteiger partial charge in [-0.05, 0) is 51.0 Å². The van der Waals surface area contributed by atoms with Gasteiger partial charge in [0, 0.05) is 17.5 Å². The molecule has 0 spiro atoms. The van der Waals surface area contributed by atoms with Crippen molar-refractivity contribution in [3.05, 3.63) is 28.8 Å². The van der Waals surface area contributed by atoms with Crippen LogP contribution in [0.15, 0.2) is 12.1 Å². The lowest BCUT2D eigenvalue weighted by Gasteiger charge is -2.27. The first-order valence-corrected chi connectivity index (χ1v) is 5.89. The SMILES string of the molecule is COc1cc(C)c(C(F)(F)CC(C)(C)N)cc1C. The van der Waals surface area contributed by atoms with E-state index in [0.717, 1.165) is 0 Å². The normalized spacial score (nSPS) is 12.7. The Balaban J connectivity index is 3.20. The molecular formula is C14H21F2NO. The second kappa shape index (κ2) is 4.84. The van der Waals surface area contributed by atoms with Crippen LogP contribution < -0.4 is 10.5 Å². The summed E-state index contributed by atoms with van der Waals surface area (Å²) in [6.45, 7) is 6.62. The molecule has 0 bridgehead atoms. The van der Waals surface area contributed by atoms with Crippen LogP contribution in [0.1, 0.15) is 37.0 Å². The lowest BCUT2D eigenvalue weighted by Crippen LogP contribution is -2.38. The van der Waals surface area contributed by atoms with E-state index in [9.17, 15) is 8.78 Å². The van der Waals surface area contributed by atoms with Crippen molar-refractivity contribution in [2.75, 3.05) is 7.11 Å². The summed E-state index contributed by atoms with van der Waals surface area (Å²) in [7, 11) is 1.53. The Morgan fingerprint density at radius 1 is 1.17 bits per heavy atom. The monoisotopic (exact) mass is 257 g/mol. The van der Waals surface area contributed by atoms with Gasteiger partial charge in [0.2, 0.25) is 0 Å². The Bertz CT molecular complexity index is 436. The maximum absolute atomic E-state index is 14.2. The minimum Gasteiger partial charge on any atom is -0.496 e. The molecule has 2 nitrogen and oxygen atoms in total. The highest BCUT2D eigenvalue weighted by Gasteiger charge is 2.38. The molecule has 0 amide bonds. The third-order valence-corrected chi connectivity index (χ3v) is 2.81. The van der Waals surface area contributed by atoms with E-state index in [1.807, 2.05) is 0 Å². The van der Waals surface area contributed by atoms with Gasteiger partial charge in [-0.15, -0.1) is 0 Å². The molecule has 0 fully saturated rings. The van der Waals surface area contributed by atoms with Gasteiger partial charge in [0.05, 0.1) is 7.11 Å². The molecule has 0 aliphatic carbocycles. The molecular weight excluding hydrogens is 236 g/mol. The van der Waals surface area contributed by atoms with Crippen molar-refractivity contribution in [1.29, 1.82) is 0 Å². The van der Waals surface area contributed by atoms with Crippen molar-refractivity contribution in [3.8, 4) is 5.75 Å². The summed E-state index contributed by atoms with van der Waals surface area (Å²) in [5.41, 5.74) is 6.03. The molecule has 0 aliphatic rings. The lowest BCUT2D eigenvalue weighted by atomic mass is 9.90. The first-order chi connectivity index (χ1) is 8.07. The number of alkyl halides is 2. The maximum Gasteiger partial charge on any atom is 0.275 e. The van der Waals surface area contributed by atoms with Crippen LogP contribution in [0.3, 0.4) is 0 Å². The highest BCUT2D eigenvalue weighted by Crippen LogP contribution is 2.39. The molecule has 0 atom stereocenters. The van der Waals surface area contributed by atoms with E-state index >= 15 is 0 Å². The van der Waals surface area contributed by atoms with Crippen LogP contribution in [0, 0.1) is 13.8 Å². The zero-order chi connectivity index (χ0) is 14.1. The largest absolute Gasteiger partial charge is 0.496 e. The van der Waals surface area contributed by atoms with Gasteiger partial charge in [0.25, 0.3) is 5.92 Å². The predicted octanol–water partition coefficient (Wildman–Crippen LogP) is 3.53. The van der Waals surface area contributed by atoms with Gasteiger partial charge in [-0.3, -0.25) is 0 Å². The molecule has 1 aromatic carbocycles. The van der Waals surface area contributed by atoms with Crippen molar-refractivity contribution >= 4 is 0 Å². The molecule has 0 aliphatic heterocycles. The fraction of sp³-hybridized carbons (Fsp3) is 0.571. The van der Waals surface area contributed by atoms with E-state index in [4.69, 9.17) is 10.5 Å². The van der Waals surface area contributed by atoms with Crippen molar-refractivity contribution in [2.24, 2.45) is 5.73 Å². The first kappa shape index (κ1) is 14.9. The summed E-state index contributed by atoms with van der Waals surface area (Å²) >= 11 is 0. The van der Waals surface area contributed by atoms with Gasteiger partial charge < -0.3 is 10.5 Å². The molecule has 1 aromatic rings. The first-order valence-electron chi connectivity index (χ1n) is 5.89. The molecule has 4 heteroatoms. The third kappa shape index (κ3) is 3.42. The van der Waals surface area contributed by atoms with E-state index in [0.29, 0.717) is 16.9 Å². The number of halogens is 2. The predicted molar refractivity (Wildman–Crippen MR) is 69.2 cm³/mol. The van der Waals surface area contributed by atoms with E-state index in [2.05, 4.69) is 0 Å². The van der Waals surface area contributed by atoms with E-state index in [1.165, 1.54) is 13.2 Å². The maximum atomic E-state index is 14.2. The van der Waals surface area contributed by atoms with E-state index in [1.54, 1.807) is 33.8 Å². The minimum atomic E-state index is -2.93. The zero-order valence-corrected chi connectivity index (χ0v) is 11.6. The smallest absolute Gasteiger partial charge is 0.275 e. The number of hydrogen-bond acceptors (Lipinski definition) is 2. The van der Waals surface area contributed by atoms with Gasteiger partial charge in [-0.1, -0.05) is 0 Å². The van der Waals surface area contributed by atoms with Gasteiger partial charge in [-0.2, -0.15) is 0 Å². The quantitative estimate of drug-likeness (QED) is 0.895. The summed E-state index contributed by atoms with van der Waals surface area (Å²) in [5.74, 6) is -2.31. The van der Waals surface area contributed by atoms with E-state index < -0.39 is 11.5 Å². The number of nitrogens with two attached hydrogens (primary N) is 1. The van der Waals surface area contributed by atoms with Crippen LogP contribution >= 0.6 is 0 Å². The topological polar surface area (TPSA) is 35.2 Å². The summed E-state index contributed by atoms with van der Waals surface area (Å²) in [6.07, 6.45) is -0.382. The highest BCUT2D eigenvalue weighted by molar-refractivity contribution is 5.43. The molecule has 2 N–H and O–H groups in total. The Morgan fingerprint density at radius 3 is 2.17 bits per heavy atom. The second-order valence-electron chi connectivity index (χ2n) is 5.51. The summed E-state index contributed by atoms with van der Waals surface area (Å²) < 4.78 is 33.5. The van der Waals surface area contributed by atoms with Crippen molar-refractivity contribution in [3.63, 3.8) is 0 Å². The van der Waals surface area contributed by atoms with E-state index in [-0.39, 0.29) is 12.0 Å². The molecule has 18 heavy (non-hydrogen) atoms. The third-order valence-electron chi connectivity index (χ3n) is 2.81. The van der Waals surface area contributed by atoms with Gasteiger partial charge in [0.1, 0.15) is 5.75 Å². The van der Waals surface area contributed by atoms with Crippen LogP contribution in [0.5, 0.6) is 5.75 Å². The van der Waals surface area contributed by atoms with Gasteiger partial charge in [-0.25, -0.2) is 8.78 Å². The molecule has 0 aromatic heterocycles. The van der Waals surface area contributed by atoms with Gasteiger partial charge in [0.15, 0.2) is 0 Å². The standard InChI is InChI=1S/C14H21F2NO/c1-9-7-12(18-5)10(2)6-11(9)14(15,16)8-13(3,4)17/h6-7H,8,17H2,1-5H3. The second-order valence-corrected chi connectivity index (χ2v) is 5.51. The Kier molecular flexibility index (Phi) is 4.01. The Hall–Kier alpha value is -1.16. The summed E-state index contributed by atoms with van der Waals surface area (Å²) in [4.78, 5) is 0.